The van der Waals surface area contributed by atoms with Gasteiger partial charge < -0.3 is 14.1 Å². The molecule has 0 atom stereocenters. The van der Waals surface area contributed by atoms with E-state index >= 15 is 0 Å². The third kappa shape index (κ3) is 4.59. The average Bonchev–Trinajstić information content (AvgIpc) is 3.34. The summed E-state index contributed by atoms with van der Waals surface area (Å²) in [6.45, 7) is 4.71. The maximum absolute atomic E-state index is 14.6. The lowest BCUT2D eigenvalue weighted by molar-refractivity contribution is 0.204. The SMILES string of the molecule is COc1ccc2ncc(F)c(CCN3CCC(c4cnc(-c5ccc(C)cc5)o4)CC3)c2n1. The van der Waals surface area contributed by atoms with Crippen molar-refractivity contribution in [2.24, 2.45) is 0 Å². The second-order valence-electron chi connectivity index (χ2n) is 8.61. The van der Waals surface area contributed by atoms with Gasteiger partial charge in [-0.3, -0.25) is 4.98 Å². The zero-order valence-electron chi connectivity index (χ0n) is 18.9. The largest absolute Gasteiger partial charge is 0.481 e. The Labute approximate surface area is 192 Å². The lowest BCUT2D eigenvalue weighted by Crippen LogP contribution is -2.34. The van der Waals surface area contributed by atoms with Crippen molar-refractivity contribution in [2.45, 2.75) is 32.1 Å². The highest BCUT2D eigenvalue weighted by Gasteiger charge is 2.24. The normalized spacial score (nSPS) is 15.2. The molecule has 1 fully saturated rings. The summed E-state index contributed by atoms with van der Waals surface area (Å²) in [5.74, 6) is 2.14. The summed E-state index contributed by atoms with van der Waals surface area (Å²) in [6, 6.07) is 11.8. The molecule has 0 bridgehead atoms. The Morgan fingerprint density at radius 1 is 1.06 bits per heavy atom. The highest BCUT2D eigenvalue weighted by Crippen LogP contribution is 2.31. The van der Waals surface area contributed by atoms with E-state index in [4.69, 9.17) is 9.15 Å². The van der Waals surface area contributed by atoms with E-state index in [9.17, 15) is 4.39 Å². The van der Waals surface area contributed by atoms with Crippen LogP contribution in [0.1, 0.15) is 35.6 Å². The number of nitrogens with zero attached hydrogens (tertiary/aromatic N) is 4. The Bertz CT molecular complexity index is 1250. The van der Waals surface area contributed by atoms with Gasteiger partial charge in [0.15, 0.2) is 0 Å². The molecule has 4 aromatic rings. The van der Waals surface area contributed by atoms with Gasteiger partial charge in [0.1, 0.15) is 11.6 Å². The molecule has 6 nitrogen and oxygen atoms in total. The van der Waals surface area contributed by atoms with Gasteiger partial charge in [-0.05, 0) is 57.5 Å². The van der Waals surface area contributed by atoms with Crippen molar-refractivity contribution in [1.82, 2.24) is 19.9 Å². The zero-order chi connectivity index (χ0) is 22.8. The predicted molar refractivity (Wildman–Crippen MR) is 125 cm³/mol. The number of benzene rings is 1. The van der Waals surface area contributed by atoms with Crippen molar-refractivity contribution in [1.29, 1.82) is 0 Å². The Morgan fingerprint density at radius 2 is 1.85 bits per heavy atom. The second-order valence-corrected chi connectivity index (χ2v) is 8.61. The summed E-state index contributed by atoms with van der Waals surface area (Å²) in [7, 11) is 1.56. The van der Waals surface area contributed by atoms with E-state index in [-0.39, 0.29) is 5.82 Å². The molecule has 0 unspecified atom stereocenters. The number of likely N-dealkylation sites (tertiary alicyclic amines) is 1. The highest BCUT2D eigenvalue weighted by atomic mass is 19.1. The zero-order valence-corrected chi connectivity index (χ0v) is 18.9. The minimum Gasteiger partial charge on any atom is -0.481 e. The van der Waals surface area contributed by atoms with E-state index < -0.39 is 0 Å². The van der Waals surface area contributed by atoms with E-state index in [0.29, 0.717) is 40.7 Å². The predicted octanol–water partition coefficient (Wildman–Crippen LogP) is 5.16. The average molecular weight is 447 g/mol. The van der Waals surface area contributed by atoms with Gasteiger partial charge in [0.25, 0.3) is 0 Å². The van der Waals surface area contributed by atoms with Crippen LogP contribution in [0.4, 0.5) is 4.39 Å². The molecule has 1 aliphatic heterocycles. The summed E-state index contributed by atoms with van der Waals surface area (Å²) >= 11 is 0. The lowest BCUT2D eigenvalue weighted by Gasteiger charge is -2.30. The van der Waals surface area contributed by atoms with Gasteiger partial charge in [-0.1, -0.05) is 17.7 Å². The third-order valence-electron chi connectivity index (χ3n) is 6.44. The molecule has 170 valence electrons. The van der Waals surface area contributed by atoms with Gasteiger partial charge in [0.2, 0.25) is 11.8 Å². The van der Waals surface area contributed by atoms with Crippen LogP contribution in [0.5, 0.6) is 5.88 Å². The molecular weight excluding hydrogens is 419 g/mol. The number of pyridine rings is 2. The number of halogens is 1. The van der Waals surface area contributed by atoms with Gasteiger partial charge in [-0.2, -0.15) is 0 Å². The van der Waals surface area contributed by atoms with Crippen molar-refractivity contribution in [3.05, 3.63) is 71.5 Å². The molecule has 0 aliphatic carbocycles. The molecule has 4 heterocycles. The van der Waals surface area contributed by atoms with E-state index in [0.717, 1.165) is 43.8 Å². The molecule has 5 rings (SSSR count). The highest BCUT2D eigenvalue weighted by molar-refractivity contribution is 5.78. The van der Waals surface area contributed by atoms with E-state index in [1.807, 2.05) is 24.4 Å². The minimum absolute atomic E-state index is 0.316. The van der Waals surface area contributed by atoms with Crippen LogP contribution < -0.4 is 4.74 Å². The Kier molecular flexibility index (Phi) is 6.05. The number of fused-ring (bicyclic) bond motifs is 1. The fourth-order valence-corrected chi connectivity index (χ4v) is 4.44. The molecule has 7 heteroatoms. The number of hydrogen-bond acceptors (Lipinski definition) is 6. The van der Waals surface area contributed by atoms with Crippen LogP contribution in [0.2, 0.25) is 0 Å². The first-order valence-corrected chi connectivity index (χ1v) is 11.3. The summed E-state index contributed by atoms with van der Waals surface area (Å²) in [4.78, 5) is 15.5. The smallest absolute Gasteiger partial charge is 0.226 e. The maximum atomic E-state index is 14.6. The van der Waals surface area contributed by atoms with Crippen LogP contribution in [-0.2, 0) is 6.42 Å². The number of hydrogen-bond donors (Lipinski definition) is 0. The number of aryl methyl sites for hydroxylation is 1. The summed E-state index contributed by atoms with van der Waals surface area (Å²) in [6.07, 6.45) is 5.72. The van der Waals surface area contributed by atoms with Crippen molar-refractivity contribution < 1.29 is 13.5 Å². The summed E-state index contributed by atoms with van der Waals surface area (Å²) in [5.41, 5.74) is 4.07. The van der Waals surface area contributed by atoms with Crippen LogP contribution in [0.3, 0.4) is 0 Å². The molecule has 0 amide bonds. The van der Waals surface area contributed by atoms with Crippen LogP contribution in [0.15, 0.2) is 53.2 Å². The molecule has 1 aliphatic rings. The van der Waals surface area contributed by atoms with Gasteiger partial charge in [-0.25, -0.2) is 14.4 Å². The van der Waals surface area contributed by atoms with Crippen molar-refractivity contribution >= 4 is 11.0 Å². The van der Waals surface area contributed by atoms with E-state index in [2.05, 4.69) is 38.9 Å². The first-order chi connectivity index (χ1) is 16.1. The van der Waals surface area contributed by atoms with E-state index in [1.54, 1.807) is 13.2 Å². The molecule has 33 heavy (non-hydrogen) atoms. The van der Waals surface area contributed by atoms with Gasteiger partial charge in [0.05, 0.1) is 30.5 Å². The Balaban J connectivity index is 1.21. The second kappa shape index (κ2) is 9.27. The number of piperidine rings is 1. The molecule has 0 radical (unpaired) electrons. The van der Waals surface area contributed by atoms with E-state index in [1.165, 1.54) is 11.8 Å². The van der Waals surface area contributed by atoms with Gasteiger partial charge in [-0.15, -0.1) is 0 Å². The van der Waals surface area contributed by atoms with Crippen molar-refractivity contribution in [3.63, 3.8) is 0 Å². The maximum Gasteiger partial charge on any atom is 0.226 e. The van der Waals surface area contributed by atoms with Crippen LogP contribution >= 0.6 is 0 Å². The molecule has 0 saturated carbocycles. The molecular formula is C26H27FN4O2. The first kappa shape index (κ1) is 21.5. The topological polar surface area (TPSA) is 64.3 Å². The minimum atomic E-state index is -0.316. The first-order valence-electron chi connectivity index (χ1n) is 11.3. The Hall–Kier alpha value is -3.32. The van der Waals surface area contributed by atoms with Crippen LogP contribution in [-0.4, -0.2) is 46.6 Å². The fraction of sp³-hybridized carbons (Fsp3) is 0.346. The van der Waals surface area contributed by atoms with Crippen molar-refractivity contribution in [2.75, 3.05) is 26.7 Å². The van der Waals surface area contributed by atoms with Crippen LogP contribution in [0, 0.1) is 12.7 Å². The lowest BCUT2D eigenvalue weighted by atomic mass is 9.94. The number of methoxy groups -OCH3 is 1. The molecule has 1 saturated heterocycles. The fourth-order valence-electron chi connectivity index (χ4n) is 4.44. The van der Waals surface area contributed by atoms with Crippen LogP contribution in [0.25, 0.3) is 22.5 Å². The number of ether oxygens (including phenoxy) is 1. The quantitative estimate of drug-likeness (QED) is 0.408. The molecule has 3 aromatic heterocycles. The molecule has 1 aromatic carbocycles. The number of rotatable bonds is 6. The van der Waals surface area contributed by atoms with Gasteiger partial charge >= 0.3 is 0 Å². The summed E-state index contributed by atoms with van der Waals surface area (Å²) in [5, 5.41) is 0. The number of oxazole rings is 1. The standard InChI is InChI=1S/C26H27FN4O2/c1-17-3-5-19(6-4-17)26-29-16-23(33-26)18-9-12-31(13-10-18)14-11-20-21(27)15-28-22-7-8-24(32-2)30-25(20)22/h3-8,15-16,18H,9-14H2,1-2H3. The van der Waals surface area contributed by atoms with Gasteiger partial charge in [0, 0.05) is 29.7 Å². The molecule has 0 N–H and O–H groups in total. The molecule has 0 spiro atoms. The Morgan fingerprint density at radius 3 is 2.61 bits per heavy atom. The number of aromatic nitrogens is 3. The van der Waals surface area contributed by atoms with Crippen molar-refractivity contribution in [3.8, 4) is 17.3 Å². The monoisotopic (exact) mass is 446 g/mol. The summed E-state index contributed by atoms with van der Waals surface area (Å²) < 4.78 is 25.9. The third-order valence-corrected chi connectivity index (χ3v) is 6.44.